The number of hydrogen-bond acceptors (Lipinski definition) is 3. The highest BCUT2D eigenvalue weighted by Crippen LogP contribution is 2.22. The normalized spacial score (nSPS) is 17.2. The largest absolute Gasteiger partial charge is 0.382 e. The Morgan fingerprint density at radius 2 is 1.36 bits per heavy atom. The summed E-state index contributed by atoms with van der Waals surface area (Å²) in [5.41, 5.74) is 0. The standard InChI is InChI=1S/C19H39NO2/c1-3-20-14-12-19(13-15-20)11-7-5-8-17-22-18-10-6-9-16-21-4-2/h19H,3-18H2,1-2H3. The van der Waals surface area contributed by atoms with Crippen LogP contribution in [0.4, 0.5) is 0 Å². The van der Waals surface area contributed by atoms with Crippen molar-refractivity contribution in [3.63, 3.8) is 0 Å². The first-order valence-electron chi connectivity index (χ1n) is 9.74. The van der Waals surface area contributed by atoms with Crippen LogP contribution in [0, 0.1) is 5.92 Å². The number of hydrogen-bond donors (Lipinski definition) is 0. The van der Waals surface area contributed by atoms with Crippen LogP contribution >= 0.6 is 0 Å². The Morgan fingerprint density at radius 1 is 0.773 bits per heavy atom. The maximum Gasteiger partial charge on any atom is 0.0466 e. The molecule has 0 radical (unpaired) electrons. The zero-order chi connectivity index (χ0) is 15.9. The van der Waals surface area contributed by atoms with Crippen molar-refractivity contribution in [3.05, 3.63) is 0 Å². The molecule has 0 amide bonds. The summed E-state index contributed by atoms with van der Waals surface area (Å²) < 4.78 is 11.0. The van der Waals surface area contributed by atoms with Crippen LogP contribution < -0.4 is 0 Å². The molecule has 22 heavy (non-hydrogen) atoms. The van der Waals surface area contributed by atoms with Gasteiger partial charge in [0.1, 0.15) is 0 Å². The lowest BCUT2D eigenvalue weighted by Crippen LogP contribution is -2.33. The highest BCUT2D eigenvalue weighted by molar-refractivity contribution is 4.71. The highest BCUT2D eigenvalue weighted by Gasteiger charge is 2.17. The third kappa shape index (κ3) is 10.6. The minimum atomic E-state index is 0.841. The van der Waals surface area contributed by atoms with E-state index in [2.05, 4.69) is 18.7 Å². The van der Waals surface area contributed by atoms with Crippen LogP contribution in [-0.2, 0) is 9.47 Å². The van der Waals surface area contributed by atoms with Crippen molar-refractivity contribution < 1.29 is 9.47 Å². The Balaban J connectivity index is 1.75. The van der Waals surface area contributed by atoms with E-state index in [-0.39, 0.29) is 0 Å². The van der Waals surface area contributed by atoms with E-state index in [1.165, 1.54) is 77.4 Å². The zero-order valence-electron chi connectivity index (χ0n) is 15.2. The van der Waals surface area contributed by atoms with Gasteiger partial charge >= 0.3 is 0 Å². The van der Waals surface area contributed by atoms with E-state index in [1.807, 2.05) is 0 Å². The van der Waals surface area contributed by atoms with Gasteiger partial charge in [-0.3, -0.25) is 0 Å². The average molecular weight is 314 g/mol. The van der Waals surface area contributed by atoms with E-state index in [0.717, 1.165) is 32.3 Å². The maximum absolute atomic E-state index is 5.71. The Bertz CT molecular complexity index is 227. The van der Waals surface area contributed by atoms with E-state index in [1.54, 1.807) is 0 Å². The van der Waals surface area contributed by atoms with E-state index >= 15 is 0 Å². The van der Waals surface area contributed by atoms with Crippen molar-refractivity contribution >= 4 is 0 Å². The Labute approximate surface area is 138 Å². The molecule has 0 aromatic heterocycles. The van der Waals surface area contributed by atoms with Crippen LogP contribution in [0.2, 0.25) is 0 Å². The SMILES string of the molecule is CCOCCCCCOCCCCCC1CCN(CC)CC1. The van der Waals surface area contributed by atoms with Gasteiger partial charge in [0.05, 0.1) is 0 Å². The summed E-state index contributed by atoms with van der Waals surface area (Å²) in [6.07, 6.45) is 11.9. The molecule has 1 rings (SSSR count). The van der Waals surface area contributed by atoms with Crippen molar-refractivity contribution in [2.75, 3.05) is 46.1 Å². The number of piperidine rings is 1. The van der Waals surface area contributed by atoms with Gasteiger partial charge in [-0.2, -0.15) is 0 Å². The molecule has 0 bridgehead atoms. The molecule has 1 fully saturated rings. The summed E-state index contributed by atoms with van der Waals surface area (Å²) in [5, 5.41) is 0. The second kappa shape index (κ2) is 14.5. The first kappa shape index (κ1) is 19.9. The fourth-order valence-corrected chi connectivity index (χ4v) is 3.24. The van der Waals surface area contributed by atoms with Gasteiger partial charge in [-0.15, -0.1) is 0 Å². The van der Waals surface area contributed by atoms with E-state index in [9.17, 15) is 0 Å². The molecule has 1 heterocycles. The van der Waals surface area contributed by atoms with Gasteiger partial charge in [-0.1, -0.05) is 26.2 Å². The molecule has 0 spiro atoms. The molecule has 0 unspecified atom stereocenters. The summed E-state index contributed by atoms with van der Waals surface area (Å²) in [6, 6.07) is 0. The van der Waals surface area contributed by atoms with Crippen molar-refractivity contribution in [1.29, 1.82) is 0 Å². The van der Waals surface area contributed by atoms with Gasteiger partial charge in [0, 0.05) is 26.4 Å². The molecule has 0 aromatic rings. The lowest BCUT2D eigenvalue weighted by molar-refractivity contribution is 0.116. The van der Waals surface area contributed by atoms with Crippen LogP contribution in [0.15, 0.2) is 0 Å². The number of nitrogens with zero attached hydrogens (tertiary/aromatic N) is 1. The first-order chi connectivity index (χ1) is 10.9. The lowest BCUT2D eigenvalue weighted by Gasteiger charge is -2.31. The number of rotatable bonds is 14. The fraction of sp³-hybridized carbons (Fsp3) is 1.00. The van der Waals surface area contributed by atoms with Crippen molar-refractivity contribution in [2.45, 2.75) is 71.6 Å². The summed E-state index contributed by atoms with van der Waals surface area (Å²) in [5.74, 6) is 0.994. The molecule has 1 aliphatic heterocycles. The Kier molecular flexibility index (Phi) is 13.1. The monoisotopic (exact) mass is 313 g/mol. The topological polar surface area (TPSA) is 21.7 Å². The molecule has 0 N–H and O–H groups in total. The predicted octanol–water partition coefficient (Wildman–Crippen LogP) is 4.50. The molecule has 1 aliphatic rings. The maximum atomic E-state index is 5.71. The van der Waals surface area contributed by atoms with Crippen molar-refractivity contribution in [3.8, 4) is 0 Å². The molecule has 0 saturated carbocycles. The molecule has 0 aliphatic carbocycles. The summed E-state index contributed by atoms with van der Waals surface area (Å²) in [6.45, 7) is 11.9. The lowest BCUT2D eigenvalue weighted by atomic mass is 9.91. The van der Waals surface area contributed by atoms with Crippen molar-refractivity contribution in [1.82, 2.24) is 4.90 Å². The van der Waals surface area contributed by atoms with Crippen molar-refractivity contribution in [2.24, 2.45) is 5.92 Å². The summed E-state index contributed by atoms with van der Waals surface area (Å²) in [4.78, 5) is 2.58. The molecule has 3 heteroatoms. The van der Waals surface area contributed by atoms with E-state index in [0.29, 0.717) is 0 Å². The molecule has 132 valence electrons. The fourth-order valence-electron chi connectivity index (χ4n) is 3.24. The van der Waals surface area contributed by atoms with Crippen LogP contribution in [0.3, 0.4) is 0 Å². The van der Waals surface area contributed by atoms with Gasteiger partial charge < -0.3 is 14.4 Å². The third-order valence-corrected chi connectivity index (χ3v) is 4.84. The average Bonchev–Trinajstić information content (AvgIpc) is 2.56. The summed E-state index contributed by atoms with van der Waals surface area (Å²) in [7, 11) is 0. The van der Waals surface area contributed by atoms with Crippen LogP contribution in [0.5, 0.6) is 0 Å². The second-order valence-electron chi connectivity index (χ2n) is 6.60. The highest BCUT2D eigenvalue weighted by atomic mass is 16.5. The smallest absolute Gasteiger partial charge is 0.0466 e. The molecular weight excluding hydrogens is 274 g/mol. The quantitative estimate of drug-likeness (QED) is 0.441. The van der Waals surface area contributed by atoms with Crippen LogP contribution in [0.25, 0.3) is 0 Å². The number of unbranched alkanes of at least 4 members (excludes halogenated alkanes) is 4. The summed E-state index contributed by atoms with van der Waals surface area (Å²) >= 11 is 0. The van der Waals surface area contributed by atoms with Crippen LogP contribution in [0.1, 0.15) is 71.6 Å². The molecule has 0 aromatic carbocycles. The molecule has 1 saturated heterocycles. The molecule has 0 atom stereocenters. The number of ether oxygens (including phenoxy) is 2. The molecular formula is C19H39NO2. The van der Waals surface area contributed by atoms with Gasteiger partial charge in [0.2, 0.25) is 0 Å². The third-order valence-electron chi connectivity index (χ3n) is 4.84. The minimum absolute atomic E-state index is 0.841. The van der Waals surface area contributed by atoms with Gasteiger partial charge in [-0.25, -0.2) is 0 Å². The first-order valence-corrected chi connectivity index (χ1v) is 9.74. The van der Waals surface area contributed by atoms with Gasteiger partial charge in [-0.05, 0) is 71.0 Å². The second-order valence-corrected chi connectivity index (χ2v) is 6.60. The Morgan fingerprint density at radius 3 is 1.95 bits per heavy atom. The van der Waals surface area contributed by atoms with Gasteiger partial charge in [0.25, 0.3) is 0 Å². The Hall–Kier alpha value is -0.120. The van der Waals surface area contributed by atoms with Gasteiger partial charge in [0.15, 0.2) is 0 Å². The minimum Gasteiger partial charge on any atom is -0.382 e. The molecule has 3 nitrogen and oxygen atoms in total. The van der Waals surface area contributed by atoms with E-state index in [4.69, 9.17) is 9.47 Å². The predicted molar refractivity (Wildman–Crippen MR) is 94.5 cm³/mol. The number of likely N-dealkylation sites (tertiary alicyclic amines) is 1. The van der Waals surface area contributed by atoms with E-state index < -0.39 is 0 Å². The zero-order valence-corrected chi connectivity index (χ0v) is 15.2. The van der Waals surface area contributed by atoms with Crippen LogP contribution in [-0.4, -0.2) is 51.0 Å².